The smallest absolute Gasteiger partial charge is 0.209 e. The van der Waals surface area contributed by atoms with E-state index >= 15 is 0 Å². The molecule has 29 heavy (non-hydrogen) atoms. The molecule has 1 N–H and O–H groups in total. The summed E-state index contributed by atoms with van der Waals surface area (Å²) in [5.74, 6) is 2.33. The number of ether oxygens (including phenoxy) is 3. The van der Waals surface area contributed by atoms with Crippen LogP contribution in [0.2, 0.25) is 0 Å². The number of hydrogen-bond acceptors (Lipinski definition) is 6. The van der Waals surface area contributed by atoms with Crippen LogP contribution in [0.5, 0.6) is 17.2 Å². The van der Waals surface area contributed by atoms with Gasteiger partial charge in [-0.1, -0.05) is 12.1 Å². The predicted octanol–water partition coefficient (Wildman–Crippen LogP) is 3.94. The predicted molar refractivity (Wildman–Crippen MR) is 111 cm³/mol. The molecule has 0 radical (unpaired) electrons. The van der Waals surface area contributed by atoms with Crippen molar-refractivity contribution >= 4 is 22.8 Å². The van der Waals surface area contributed by atoms with Crippen LogP contribution in [0.25, 0.3) is 11.0 Å². The second-order valence-corrected chi connectivity index (χ2v) is 6.87. The lowest BCUT2D eigenvalue weighted by Gasteiger charge is -2.31. The summed E-state index contributed by atoms with van der Waals surface area (Å²) in [5.41, 5.74) is 3.91. The number of hydrogen-bond donors (Lipinski definition) is 1. The molecule has 1 aliphatic heterocycles. The molecule has 7 heteroatoms. The Labute approximate surface area is 168 Å². The molecule has 2 heterocycles. The first kappa shape index (κ1) is 18.9. The van der Waals surface area contributed by atoms with Gasteiger partial charge in [-0.25, -0.2) is 4.98 Å². The van der Waals surface area contributed by atoms with Gasteiger partial charge in [0.25, 0.3) is 0 Å². The number of fused-ring (bicyclic) bond motifs is 3. The molecule has 7 nitrogen and oxygen atoms in total. The second-order valence-electron chi connectivity index (χ2n) is 6.87. The molecule has 0 amide bonds. The molecule has 2 aromatic carbocycles. The Morgan fingerprint density at radius 2 is 1.86 bits per heavy atom. The third-order valence-electron chi connectivity index (χ3n) is 5.22. The summed E-state index contributed by atoms with van der Waals surface area (Å²) in [6, 6.07) is 11.0. The van der Waals surface area contributed by atoms with Gasteiger partial charge in [0.15, 0.2) is 17.3 Å². The highest BCUT2D eigenvalue weighted by Gasteiger charge is 2.35. The largest absolute Gasteiger partial charge is 0.497 e. The minimum atomic E-state index is -0.449. The molecular formula is C22H23N3O4. The molecule has 1 atom stereocenters. The molecule has 1 aromatic heterocycles. The molecule has 150 valence electrons. The number of imidazole rings is 1. The van der Waals surface area contributed by atoms with Gasteiger partial charge in [-0.05, 0) is 32.0 Å². The number of carbonyl (C=O) groups is 1. The van der Waals surface area contributed by atoms with Crippen LogP contribution in [0.15, 0.2) is 47.7 Å². The zero-order valence-corrected chi connectivity index (χ0v) is 17.1. The van der Waals surface area contributed by atoms with Crippen LogP contribution in [0.4, 0.5) is 5.95 Å². The number of aromatic nitrogens is 2. The van der Waals surface area contributed by atoms with Crippen LogP contribution in [0, 0.1) is 0 Å². The Kier molecular flexibility index (Phi) is 4.66. The molecule has 1 aliphatic rings. The van der Waals surface area contributed by atoms with Crippen LogP contribution in [-0.4, -0.2) is 36.7 Å². The van der Waals surface area contributed by atoms with E-state index in [-0.39, 0.29) is 5.78 Å². The topological polar surface area (TPSA) is 74.6 Å². The van der Waals surface area contributed by atoms with Crippen molar-refractivity contribution in [2.24, 2.45) is 0 Å². The number of allylic oxidation sites excluding steroid dienone is 2. The highest BCUT2D eigenvalue weighted by Crippen LogP contribution is 2.46. The van der Waals surface area contributed by atoms with E-state index in [0.29, 0.717) is 28.8 Å². The number of methoxy groups -OCH3 is 3. The molecule has 0 saturated carbocycles. The first-order valence-electron chi connectivity index (χ1n) is 9.25. The summed E-state index contributed by atoms with van der Waals surface area (Å²) in [6.07, 6.45) is 0. The van der Waals surface area contributed by atoms with Crippen molar-refractivity contribution in [1.82, 2.24) is 9.55 Å². The molecule has 0 fully saturated rings. The molecule has 0 bridgehead atoms. The van der Waals surface area contributed by atoms with Gasteiger partial charge in [-0.2, -0.15) is 0 Å². The SMILES string of the molecule is COc1cc(OC)c(OC)c([C@H]2C(C(C)=O)=C(C)Nc3nc4ccccc4n32)c1. The first-order chi connectivity index (χ1) is 14.0. The van der Waals surface area contributed by atoms with Gasteiger partial charge >= 0.3 is 0 Å². The molecular weight excluding hydrogens is 370 g/mol. The van der Waals surface area contributed by atoms with Crippen molar-refractivity contribution in [3.8, 4) is 17.2 Å². The van der Waals surface area contributed by atoms with E-state index in [9.17, 15) is 4.79 Å². The first-order valence-corrected chi connectivity index (χ1v) is 9.25. The summed E-state index contributed by atoms with van der Waals surface area (Å²) in [6.45, 7) is 3.46. The van der Waals surface area contributed by atoms with Crippen molar-refractivity contribution in [3.05, 3.63) is 53.2 Å². The van der Waals surface area contributed by atoms with E-state index in [1.54, 1.807) is 34.3 Å². The van der Waals surface area contributed by atoms with Crippen molar-refractivity contribution in [2.75, 3.05) is 26.6 Å². The van der Waals surface area contributed by atoms with Crippen LogP contribution in [0.1, 0.15) is 25.5 Å². The van der Waals surface area contributed by atoms with Crippen molar-refractivity contribution in [1.29, 1.82) is 0 Å². The molecule has 0 saturated heterocycles. The van der Waals surface area contributed by atoms with Crippen molar-refractivity contribution in [2.45, 2.75) is 19.9 Å². The maximum absolute atomic E-state index is 12.7. The zero-order chi connectivity index (χ0) is 20.7. The number of rotatable bonds is 5. The van der Waals surface area contributed by atoms with Crippen LogP contribution < -0.4 is 19.5 Å². The third kappa shape index (κ3) is 2.90. The van der Waals surface area contributed by atoms with E-state index in [0.717, 1.165) is 22.3 Å². The van der Waals surface area contributed by atoms with Gasteiger partial charge in [0.05, 0.1) is 38.4 Å². The van der Waals surface area contributed by atoms with Gasteiger partial charge in [0, 0.05) is 22.9 Å². The number of carbonyl (C=O) groups excluding carboxylic acids is 1. The Hall–Kier alpha value is -3.48. The number of nitrogens with zero attached hydrogens (tertiary/aromatic N) is 2. The van der Waals surface area contributed by atoms with Gasteiger partial charge < -0.3 is 19.5 Å². The number of ketones is 1. The molecule has 4 rings (SSSR count). The van der Waals surface area contributed by atoms with Gasteiger partial charge in [0.1, 0.15) is 5.75 Å². The van der Waals surface area contributed by atoms with Gasteiger partial charge in [-0.3, -0.25) is 9.36 Å². The molecule has 3 aromatic rings. The maximum atomic E-state index is 12.7. The molecule has 0 unspecified atom stereocenters. The highest BCUT2D eigenvalue weighted by atomic mass is 16.5. The quantitative estimate of drug-likeness (QED) is 0.708. The van der Waals surface area contributed by atoms with E-state index in [4.69, 9.17) is 19.2 Å². The fourth-order valence-corrected chi connectivity index (χ4v) is 4.00. The number of benzene rings is 2. The normalized spacial score (nSPS) is 15.7. The molecule has 0 spiro atoms. The van der Waals surface area contributed by atoms with Crippen molar-refractivity contribution in [3.63, 3.8) is 0 Å². The Morgan fingerprint density at radius 1 is 1.10 bits per heavy atom. The number of nitrogens with one attached hydrogen (secondary N) is 1. The van der Waals surface area contributed by atoms with E-state index in [1.165, 1.54) is 0 Å². The molecule has 0 aliphatic carbocycles. The highest BCUT2D eigenvalue weighted by molar-refractivity contribution is 5.98. The monoisotopic (exact) mass is 393 g/mol. The maximum Gasteiger partial charge on any atom is 0.209 e. The average Bonchev–Trinajstić information content (AvgIpc) is 3.09. The average molecular weight is 393 g/mol. The Bertz CT molecular complexity index is 1150. The van der Waals surface area contributed by atoms with Crippen LogP contribution in [-0.2, 0) is 4.79 Å². The summed E-state index contributed by atoms with van der Waals surface area (Å²) in [5, 5.41) is 3.28. The fourth-order valence-electron chi connectivity index (χ4n) is 4.00. The Balaban J connectivity index is 2.10. The third-order valence-corrected chi connectivity index (χ3v) is 5.22. The minimum Gasteiger partial charge on any atom is -0.497 e. The van der Waals surface area contributed by atoms with Crippen LogP contribution >= 0.6 is 0 Å². The summed E-state index contributed by atoms with van der Waals surface area (Å²) in [7, 11) is 4.76. The fraction of sp³-hybridized carbons (Fsp3) is 0.273. The van der Waals surface area contributed by atoms with Crippen LogP contribution in [0.3, 0.4) is 0 Å². The van der Waals surface area contributed by atoms with E-state index < -0.39 is 6.04 Å². The van der Waals surface area contributed by atoms with E-state index in [2.05, 4.69) is 5.32 Å². The Morgan fingerprint density at radius 3 is 2.52 bits per heavy atom. The van der Waals surface area contributed by atoms with Gasteiger partial charge in [0.2, 0.25) is 5.95 Å². The lowest BCUT2D eigenvalue weighted by atomic mass is 9.91. The number of para-hydroxylation sites is 2. The van der Waals surface area contributed by atoms with Crippen molar-refractivity contribution < 1.29 is 19.0 Å². The summed E-state index contributed by atoms with van der Waals surface area (Å²) >= 11 is 0. The lowest BCUT2D eigenvalue weighted by molar-refractivity contribution is -0.114. The lowest BCUT2D eigenvalue weighted by Crippen LogP contribution is -2.27. The summed E-state index contributed by atoms with van der Waals surface area (Å²) in [4.78, 5) is 17.5. The second kappa shape index (κ2) is 7.16. The zero-order valence-electron chi connectivity index (χ0n) is 17.1. The summed E-state index contributed by atoms with van der Waals surface area (Å²) < 4.78 is 18.8. The van der Waals surface area contributed by atoms with Gasteiger partial charge in [-0.15, -0.1) is 0 Å². The van der Waals surface area contributed by atoms with E-state index in [1.807, 2.05) is 41.8 Å². The number of Topliss-reactive ketones (excluding diaryl/α,β-unsaturated/α-hetero) is 1. The standard InChI is InChI=1S/C22H23N3O4/c1-12-19(13(2)26)20(15-10-14(27-3)11-18(28-4)21(15)29-5)25-17-9-7-6-8-16(17)24-22(25)23-12/h6-11,20H,1-5H3,(H,23,24)/t20-/m0/s1. The minimum absolute atomic E-state index is 0.0349. The number of anilines is 1.